The minimum absolute atomic E-state index is 0.314. The van der Waals surface area contributed by atoms with Gasteiger partial charge >= 0.3 is 0 Å². The van der Waals surface area contributed by atoms with Gasteiger partial charge in [-0.2, -0.15) is 0 Å². The van der Waals surface area contributed by atoms with Crippen LogP contribution in [0.2, 0.25) is 0 Å². The maximum atomic E-state index is 6.29. The first-order valence-corrected chi connectivity index (χ1v) is 6.04. The van der Waals surface area contributed by atoms with Crippen molar-refractivity contribution in [1.82, 2.24) is 0 Å². The molecule has 0 heterocycles. The molecule has 0 amide bonds. The van der Waals surface area contributed by atoms with E-state index in [1.54, 1.807) is 0 Å². The van der Waals surface area contributed by atoms with Gasteiger partial charge in [-0.25, -0.2) is 0 Å². The summed E-state index contributed by atoms with van der Waals surface area (Å²) in [6.07, 6.45) is 5.06. The van der Waals surface area contributed by atoms with Gasteiger partial charge in [0, 0.05) is 5.41 Å². The van der Waals surface area contributed by atoms with Gasteiger partial charge in [-0.3, -0.25) is 0 Å². The van der Waals surface area contributed by atoms with E-state index in [4.69, 9.17) is 23.2 Å². The zero-order valence-corrected chi connectivity index (χ0v) is 9.75. The number of alkyl halides is 2. The van der Waals surface area contributed by atoms with Crippen LogP contribution in [0.15, 0.2) is 0 Å². The van der Waals surface area contributed by atoms with Crippen molar-refractivity contribution in [3.8, 4) is 0 Å². The maximum Gasteiger partial charge on any atom is 0.124 e. The summed E-state index contributed by atoms with van der Waals surface area (Å²) < 4.78 is -0.375. The number of hydrogen-bond acceptors (Lipinski definition) is 0. The molecule has 0 nitrogen and oxygen atoms in total. The van der Waals surface area contributed by atoms with E-state index in [0.29, 0.717) is 10.8 Å². The molecule has 0 saturated heterocycles. The van der Waals surface area contributed by atoms with E-state index in [0.717, 1.165) is 18.3 Å². The number of fused-ring (bicyclic) bond motifs is 1. The molecule has 0 N–H and O–H groups in total. The minimum atomic E-state index is -0.375. The number of rotatable bonds is 0. The van der Waals surface area contributed by atoms with E-state index in [-0.39, 0.29) is 4.33 Å². The molecule has 0 radical (unpaired) electrons. The predicted molar refractivity (Wildman–Crippen MR) is 56.1 cm³/mol. The third-order valence-corrected chi connectivity index (χ3v) is 6.24. The van der Waals surface area contributed by atoms with E-state index in [1.165, 1.54) is 19.3 Å². The summed E-state index contributed by atoms with van der Waals surface area (Å²) in [4.78, 5) is 0. The van der Waals surface area contributed by atoms with Gasteiger partial charge in [0.2, 0.25) is 0 Å². The van der Waals surface area contributed by atoms with Crippen LogP contribution in [0.1, 0.15) is 39.5 Å². The van der Waals surface area contributed by atoms with Crippen LogP contribution in [0.3, 0.4) is 0 Å². The molecule has 0 aliphatic heterocycles. The Morgan fingerprint density at radius 2 is 1.85 bits per heavy atom. The molecule has 0 aromatic rings. The van der Waals surface area contributed by atoms with Gasteiger partial charge < -0.3 is 0 Å². The normalized spacial score (nSPS) is 54.5. The zero-order valence-electron chi connectivity index (χ0n) is 8.24. The summed E-state index contributed by atoms with van der Waals surface area (Å²) in [6, 6.07) is 0. The molecule has 2 heteroatoms. The van der Waals surface area contributed by atoms with Crippen molar-refractivity contribution in [2.75, 3.05) is 0 Å². The van der Waals surface area contributed by atoms with Crippen molar-refractivity contribution in [1.29, 1.82) is 0 Å². The molecule has 4 aliphatic rings. The van der Waals surface area contributed by atoms with Gasteiger partial charge in [-0.05, 0) is 42.9 Å². The van der Waals surface area contributed by atoms with Crippen LogP contribution in [0.25, 0.3) is 0 Å². The first kappa shape index (κ1) is 8.85. The lowest BCUT2D eigenvalue weighted by Crippen LogP contribution is -2.54. The average Bonchev–Trinajstić information content (AvgIpc) is 2.51. The fraction of sp³-hybridized carbons (Fsp3) is 1.00. The molecule has 3 atom stereocenters. The Balaban J connectivity index is 1.94. The van der Waals surface area contributed by atoms with Gasteiger partial charge in [0.05, 0.1) is 0 Å². The van der Waals surface area contributed by atoms with Crippen LogP contribution < -0.4 is 0 Å². The summed E-state index contributed by atoms with van der Waals surface area (Å²) in [6.45, 7) is 4.80. The van der Waals surface area contributed by atoms with Gasteiger partial charge in [-0.15, -0.1) is 23.2 Å². The van der Waals surface area contributed by atoms with Gasteiger partial charge in [0.1, 0.15) is 4.33 Å². The van der Waals surface area contributed by atoms with Crippen LogP contribution in [0, 0.1) is 22.7 Å². The van der Waals surface area contributed by atoms with Crippen LogP contribution >= 0.6 is 23.2 Å². The van der Waals surface area contributed by atoms with E-state index in [2.05, 4.69) is 13.8 Å². The summed E-state index contributed by atoms with van der Waals surface area (Å²) in [5.41, 5.74) is 0.831. The molecule has 1 spiro atoms. The second-order valence-corrected chi connectivity index (χ2v) is 7.37. The summed E-state index contributed by atoms with van der Waals surface area (Å²) in [5, 5.41) is 0. The summed E-state index contributed by atoms with van der Waals surface area (Å²) in [7, 11) is 0. The number of halogens is 2. The van der Waals surface area contributed by atoms with Crippen LogP contribution in [-0.2, 0) is 0 Å². The summed E-state index contributed by atoms with van der Waals surface area (Å²) in [5.74, 6) is 1.75. The lowest BCUT2D eigenvalue weighted by molar-refractivity contribution is -0.117. The largest absolute Gasteiger partial charge is 0.124 e. The molecule has 2 bridgehead atoms. The molecule has 4 saturated carbocycles. The fourth-order valence-electron chi connectivity index (χ4n) is 4.05. The third kappa shape index (κ3) is 0.814. The highest BCUT2D eigenvalue weighted by molar-refractivity contribution is 6.51. The molecule has 0 unspecified atom stereocenters. The minimum Gasteiger partial charge on any atom is -0.101 e. The second-order valence-electron chi connectivity index (χ2n) is 5.88. The second kappa shape index (κ2) is 2.07. The van der Waals surface area contributed by atoms with E-state index >= 15 is 0 Å². The van der Waals surface area contributed by atoms with Crippen molar-refractivity contribution in [2.24, 2.45) is 22.7 Å². The zero-order chi connectivity index (χ0) is 9.48. The van der Waals surface area contributed by atoms with Crippen molar-refractivity contribution in [3.05, 3.63) is 0 Å². The predicted octanol–water partition coefficient (Wildman–Crippen LogP) is 4.01. The Morgan fingerprint density at radius 1 is 1.23 bits per heavy atom. The molecule has 4 aliphatic carbocycles. The monoisotopic (exact) mass is 218 g/mol. The number of hydrogen-bond donors (Lipinski definition) is 0. The third-order valence-electron chi connectivity index (χ3n) is 5.22. The molecular weight excluding hydrogens is 203 g/mol. The van der Waals surface area contributed by atoms with Crippen molar-refractivity contribution < 1.29 is 0 Å². The Kier molecular flexibility index (Phi) is 1.41. The highest BCUT2D eigenvalue weighted by atomic mass is 35.5. The van der Waals surface area contributed by atoms with Crippen molar-refractivity contribution in [2.45, 2.75) is 43.9 Å². The lowest BCUT2D eigenvalue weighted by Gasteiger charge is -2.61. The molecular formula is C11H16Cl2. The Labute approximate surface area is 90.0 Å². The maximum absolute atomic E-state index is 6.29. The van der Waals surface area contributed by atoms with E-state index < -0.39 is 0 Å². The first-order chi connectivity index (χ1) is 5.90. The SMILES string of the molecule is CC1(C)[C@H]2CC[C@@]3(CC3(Cl)Cl)[C@@H]1C2. The summed E-state index contributed by atoms with van der Waals surface area (Å²) >= 11 is 12.6. The smallest absolute Gasteiger partial charge is 0.101 e. The Hall–Kier alpha value is 0.580. The molecule has 0 aromatic heterocycles. The van der Waals surface area contributed by atoms with Crippen LogP contribution in [0.5, 0.6) is 0 Å². The van der Waals surface area contributed by atoms with Gasteiger partial charge in [0.15, 0.2) is 0 Å². The van der Waals surface area contributed by atoms with Gasteiger partial charge in [-0.1, -0.05) is 13.8 Å². The quantitative estimate of drug-likeness (QED) is 0.540. The molecule has 4 fully saturated rings. The van der Waals surface area contributed by atoms with E-state index in [9.17, 15) is 0 Å². The Bertz CT molecular complexity index is 267. The standard InChI is InChI=1S/C11H16Cl2/c1-9(2)7-3-4-10(8(9)5-7)6-11(10,12)13/h7-8H,3-6H2,1-2H3/t7-,8+,10+/m0/s1. The first-order valence-electron chi connectivity index (χ1n) is 5.28. The fourth-order valence-corrected chi connectivity index (χ4v) is 4.98. The lowest BCUT2D eigenvalue weighted by atomic mass is 9.44. The molecule has 74 valence electrons. The van der Waals surface area contributed by atoms with Gasteiger partial charge in [0.25, 0.3) is 0 Å². The van der Waals surface area contributed by atoms with Crippen LogP contribution in [0.4, 0.5) is 0 Å². The van der Waals surface area contributed by atoms with Crippen LogP contribution in [-0.4, -0.2) is 4.33 Å². The van der Waals surface area contributed by atoms with Crippen molar-refractivity contribution >= 4 is 23.2 Å². The average molecular weight is 219 g/mol. The molecule has 13 heavy (non-hydrogen) atoms. The van der Waals surface area contributed by atoms with Crippen molar-refractivity contribution in [3.63, 3.8) is 0 Å². The topological polar surface area (TPSA) is 0 Å². The highest BCUT2D eigenvalue weighted by Gasteiger charge is 2.76. The van der Waals surface area contributed by atoms with E-state index in [1.807, 2.05) is 0 Å². The highest BCUT2D eigenvalue weighted by Crippen LogP contribution is 2.81. The molecule has 0 aromatic carbocycles. The molecule has 4 rings (SSSR count). The Morgan fingerprint density at radius 3 is 2.15 bits per heavy atom.